The van der Waals surface area contributed by atoms with Crippen LogP contribution in [0, 0.1) is 0 Å². The summed E-state index contributed by atoms with van der Waals surface area (Å²) < 4.78 is 5.86. The Bertz CT molecular complexity index is 935. The Kier molecular flexibility index (Phi) is 4.16. The minimum atomic E-state index is -1.04. The standard InChI is InChI=1S/C19H14O5/c20-17(21)9-7-12-6-8-16-14(10-12)15(11-18(22)23)19(24-16)13-4-2-1-3-5-13/h1-10H,11H2,(H,20,21)(H,22,23)/b9-7+. The molecule has 5 nitrogen and oxygen atoms in total. The molecule has 1 heterocycles. The van der Waals surface area contributed by atoms with Crippen LogP contribution in [-0.4, -0.2) is 22.2 Å². The number of hydrogen-bond acceptors (Lipinski definition) is 3. The molecule has 0 saturated carbocycles. The molecule has 120 valence electrons. The normalized spacial score (nSPS) is 11.2. The molecule has 0 bridgehead atoms. The van der Waals surface area contributed by atoms with Gasteiger partial charge in [-0.25, -0.2) is 4.79 Å². The molecule has 5 heteroatoms. The molecule has 0 aliphatic carbocycles. The fourth-order valence-corrected chi connectivity index (χ4v) is 2.59. The number of benzene rings is 2. The van der Waals surface area contributed by atoms with E-state index >= 15 is 0 Å². The monoisotopic (exact) mass is 322 g/mol. The van der Waals surface area contributed by atoms with Crippen LogP contribution < -0.4 is 0 Å². The molecule has 0 saturated heterocycles. The molecule has 0 aliphatic heterocycles. The van der Waals surface area contributed by atoms with E-state index in [0.717, 1.165) is 11.6 Å². The largest absolute Gasteiger partial charge is 0.481 e. The number of furan rings is 1. The highest BCUT2D eigenvalue weighted by Crippen LogP contribution is 2.34. The Hall–Kier alpha value is -3.34. The van der Waals surface area contributed by atoms with Crippen LogP contribution in [0.3, 0.4) is 0 Å². The zero-order valence-corrected chi connectivity index (χ0v) is 12.6. The first-order valence-electron chi connectivity index (χ1n) is 7.28. The van der Waals surface area contributed by atoms with Crippen LogP contribution in [0.1, 0.15) is 11.1 Å². The Morgan fingerprint density at radius 2 is 1.79 bits per heavy atom. The maximum atomic E-state index is 11.3. The lowest BCUT2D eigenvalue weighted by molar-refractivity contribution is -0.136. The van der Waals surface area contributed by atoms with E-state index in [-0.39, 0.29) is 6.42 Å². The van der Waals surface area contributed by atoms with Gasteiger partial charge in [0.15, 0.2) is 0 Å². The van der Waals surface area contributed by atoms with Gasteiger partial charge in [0.25, 0.3) is 0 Å². The van der Waals surface area contributed by atoms with Crippen LogP contribution in [0.4, 0.5) is 0 Å². The number of hydrogen-bond donors (Lipinski definition) is 2. The first-order valence-corrected chi connectivity index (χ1v) is 7.28. The molecular weight excluding hydrogens is 308 g/mol. The molecule has 3 rings (SSSR count). The molecule has 0 fully saturated rings. The topological polar surface area (TPSA) is 87.7 Å². The first-order chi connectivity index (χ1) is 11.5. The van der Waals surface area contributed by atoms with E-state index in [2.05, 4.69) is 0 Å². The van der Waals surface area contributed by atoms with Gasteiger partial charge in [-0.15, -0.1) is 0 Å². The Balaban J connectivity index is 2.18. The van der Waals surface area contributed by atoms with Crippen molar-refractivity contribution in [3.63, 3.8) is 0 Å². The van der Waals surface area contributed by atoms with Gasteiger partial charge in [-0.1, -0.05) is 36.4 Å². The SMILES string of the molecule is O=C(O)/C=C/c1ccc2oc(-c3ccccc3)c(CC(=O)O)c2c1. The highest BCUT2D eigenvalue weighted by molar-refractivity contribution is 5.93. The average molecular weight is 322 g/mol. The van der Waals surface area contributed by atoms with Crippen molar-refractivity contribution in [2.24, 2.45) is 0 Å². The maximum Gasteiger partial charge on any atom is 0.328 e. The molecule has 0 amide bonds. The second-order valence-corrected chi connectivity index (χ2v) is 5.27. The summed E-state index contributed by atoms with van der Waals surface area (Å²) in [5, 5.41) is 18.6. The van der Waals surface area contributed by atoms with Crippen molar-refractivity contribution in [3.05, 3.63) is 65.7 Å². The Labute approximate surface area is 137 Å². The van der Waals surface area contributed by atoms with Crippen molar-refractivity contribution in [2.45, 2.75) is 6.42 Å². The summed E-state index contributed by atoms with van der Waals surface area (Å²) in [7, 11) is 0. The highest BCUT2D eigenvalue weighted by atomic mass is 16.4. The van der Waals surface area contributed by atoms with Crippen molar-refractivity contribution < 1.29 is 24.2 Å². The van der Waals surface area contributed by atoms with Gasteiger partial charge in [0.2, 0.25) is 0 Å². The molecule has 2 N–H and O–H groups in total. The summed E-state index contributed by atoms with van der Waals surface area (Å²) in [6.45, 7) is 0. The second kappa shape index (κ2) is 6.42. The summed E-state index contributed by atoms with van der Waals surface area (Å²) in [6, 6.07) is 14.5. The van der Waals surface area contributed by atoms with E-state index < -0.39 is 11.9 Å². The molecular formula is C19H14O5. The lowest BCUT2D eigenvalue weighted by Gasteiger charge is -2.01. The van der Waals surface area contributed by atoms with Gasteiger partial charge in [0, 0.05) is 22.6 Å². The van der Waals surface area contributed by atoms with E-state index in [9.17, 15) is 14.7 Å². The van der Waals surface area contributed by atoms with Crippen molar-refractivity contribution in [3.8, 4) is 11.3 Å². The third-order valence-corrected chi connectivity index (χ3v) is 3.60. The van der Waals surface area contributed by atoms with E-state index in [0.29, 0.717) is 27.9 Å². The third-order valence-electron chi connectivity index (χ3n) is 3.60. The van der Waals surface area contributed by atoms with Gasteiger partial charge in [-0.3, -0.25) is 4.79 Å². The second-order valence-electron chi connectivity index (χ2n) is 5.27. The minimum Gasteiger partial charge on any atom is -0.481 e. The summed E-state index contributed by atoms with van der Waals surface area (Å²) >= 11 is 0. The quantitative estimate of drug-likeness (QED) is 0.697. The number of aliphatic carboxylic acids is 2. The minimum absolute atomic E-state index is 0.177. The fraction of sp³-hybridized carbons (Fsp3) is 0.0526. The molecule has 0 atom stereocenters. The summed E-state index contributed by atoms with van der Waals surface area (Å²) in [5.74, 6) is -1.48. The molecule has 3 aromatic rings. The molecule has 2 aromatic carbocycles. The van der Waals surface area contributed by atoms with Gasteiger partial charge >= 0.3 is 11.9 Å². The average Bonchev–Trinajstić information content (AvgIpc) is 2.91. The van der Waals surface area contributed by atoms with Gasteiger partial charge in [0.1, 0.15) is 11.3 Å². The number of rotatable bonds is 5. The molecule has 0 aliphatic rings. The van der Waals surface area contributed by atoms with Crippen molar-refractivity contribution in [2.75, 3.05) is 0 Å². The van der Waals surface area contributed by atoms with Gasteiger partial charge in [0.05, 0.1) is 6.42 Å². The van der Waals surface area contributed by atoms with Crippen molar-refractivity contribution in [1.82, 2.24) is 0 Å². The summed E-state index contributed by atoms with van der Waals surface area (Å²) in [5.41, 5.74) is 2.61. The first kappa shape index (κ1) is 15.6. The Morgan fingerprint density at radius 3 is 2.46 bits per heavy atom. The summed E-state index contributed by atoms with van der Waals surface area (Å²) in [6.07, 6.45) is 2.32. The van der Waals surface area contributed by atoms with Crippen LogP contribution in [0.25, 0.3) is 28.4 Å². The lowest BCUT2D eigenvalue weighted by atomic mass is 10.0. The molecule has 24 heavy (non-hydrogen) atoms. The van der Waals surface area contributed by atoms with Gasteiger partial charge in [-0.05, 0) is 23.8 Å². The summed E-state index contributed by atoms with van der Waals surface area (Å²) in [4.78, 5) is 21.9. The third kappa shape index (κ3) is 3.20. The predicted octanol–water partition coefficient (Wildman–Crippen LogP) is 3.82. The van der Waals surface area contributed by atoms with Crippen LogP contribution in [-0.2, 0) is 16.0 Å². The number of carbonyl (C=O) groups is 2. The zero-order chi connectivity index (χ0) is 17.1. The Morgan fingerprint density at radius 1 is 1.04 bits per heavy atom. The molecule has 0 radical (unpaired) electrons. The smallest absolute Gasteiger partial charge is 0.328 e. The zero-order valence-electron chi connectivity index (χ0n) is 12.6. The fourth-order valence-electron chi connectivity index (χ4n) is 2.59. The van der Waals surface area contributed by atoms with Gasteiger partial charge in [-0.2, -0.15) is 0 Å². The van der Waals surface area contributed by atoms with E-state index in [1.807, 2.05) is 30.3 Å². The number of carboxylic acids is 2. The van der Waals surface area contributed by atoms with Gasteiger partial charge < -0.3 is 14.6 Å². The van der Waals surface area contributed by atoms with E-state index in [1.165, 1.54) is 6.08 Å². The lowest BCUT2D eigenvalue weighted by Crippen LogP contribution is -2.00. The van der Waals surface area contributed by atoms with E-state index in [1.54, 1.807) is 18.2 Å². The van der Waals surface area contributed by atoms with Crippen LogP contribution in [0.15, 0.2) is 59.0 Å². The maximum absolute atomic E-state index is 11.3. The highest BCUT2D eigenvalue weighted by Gasteiger charge is 2.18. The van der Waals surface area contributed by atoms with Crippen LogP contribution in [0.2, 0.25) is 0 Å². The number of fused-ring (bicyclic) bond motifs is 1. The molecule has 0 unspecified atom stereocenters. The molecule has 0 spiro atoms. The predicted molar refractivity (Wildman–Crippen MR) is 89.7 cm³/mol. The van der Waals surface area contributed by atoms with Crippen LogP contribution in [0.5, 0.6) is 0 Å². The number of carboxylic acid groups (broad SMARTS) is 2. The molecule has 1 aromatic heterocycles. The van der Waals surface area contributed by atoms with Crippen molar-refractivity contribution in [1.29, 1.82) is 0 Å². The van der Waals surface area contributed by atoms with Crippen LogP contribution >= 0.6 is 0 Å². The van der Waals surface area contributed by atoms with E-state index in [4.69, 9.17) is 9.52 Å². The van der Waals surface area contributed by atoms with Crippen molar-refractivity contribution >= 4 is 29.0 Å².